The highest BCUT2D eigenvalue weighted by Crippen LogP contribution is 2.17. The highest BCUT2D eigenvalue weighted by Gasteiger charge is 2.22. The van der Waals surface area contributed by atoms with Gasteiger partial charge in [0.25, 0.3) is 5.91 Å². The van der Waals surface area contributed by atoms with Crippen LogP contribution < -0.4 is 10.1 Å². The van der Waals surface area contributed by atoms with Crippen molar-refractivity contribution in [2.24, 2.45) is 0 Å². The normalized spacial score (nSPS) is 11.4. The van der Waals surface area contributed by atoms with Crippen molar-refractivity contribution in [1.82, 2.24) is 9.62 Å². The van der Waals surface area contributed by atoms with E-state index in [1.807, 2.05) is 0 Å². The molecular weight excluding hydrogens is 388 g/mol. The fraction of sp³-hybridized carbons (Fsp3) is 0.316. The second-order valence-corrected chi connectivity index (χ2v) is 8.05. The molecule has 1 N–H and O–H groups in total. The van der Waals surface area contributed by atoms with Crippen molar-refractivity contribution < 1.29 is 17.9 Å². The number of halogens is 1. The second kappa shape index (κ2) is 9.73. The number of hydrogen-bond donors (Lipinski definition) is 1. The van der Waals surface area contributed by atoms with Crippen LogP contribution in [-0.4, -0.2) is 44.9 Å². The van der Waals surface area contributed by atoms with Gasteiger partial charge in [-0.05, 0) is 42.5 Å². The summed E-state index contributed by atoms with van der Waals surface area (Å²) in [6.45, 7) is 4.87. The van der Waals surface area contributed by atoms with Crippen molar-refractivity contribution in [2.45, 2.75) is 18.7 Å². The van der Waals surface area contributed by atoms with Crippen LogP contribution in [-0.2, 0) is 10.0 Å². The fourth-order valence-electron chi connectivity index (χ4n) is 2.48. The van der Waals surface area contributed by atoms with Crippen molar-refractivity contribution in [3.63, 3.8) is 0 Å². The molecular formula is C19H23ClN2O4S. The van der Waals surface area contributed by atoms with Gasteiger partial charge >= 0.3 is 0 Å². The molecule has 0 radical (unpaired) electrons. The van der Waals surface area contributed by atoms with Gasteiger partial charge in [0.15, 0.2) is 0 Å². The molecule has 146 valence electrons. The zero-order valence-corrected chi connectivity index (χ0v) is 16.9. The molecule has 27 heavy (non-hydrogen) atoms. The van der Waals surface area contributed by atoms with Crippen LogP contribution in [0.15, 0.2) is 53.4 Å². The lowest BCUT2D eigenvalue weighted by Gasteiger charge is -2.18. The minimum absolute atomic E-state index is 0.108. The molecule has 0 aliphatic rings. The zero-order valence-electron chi connectivity index (χ0n) is 15.3. The van der Waals surface area contributed by atoms with Gasteiger partial charge in [0.2, 0.25) is 10.0 Å². The SMILES string of the molecule is CCN(CC)S(=O)(=O)c1cccc(C(=O)NCCOc2ccc(Cl)cc2)c1. The first-order valence-electron chi connectivity index (χ1n) is 8.65. The standard InChI is InChI=1S/C19H23ClN2O4S/c1-3-22(4-2)27(24,25)18-7-5-6-15(14-18)19(23)21-12-13-26-17-10-8-16(20)9-11-17/h5-11,14H,3-4,12-13H2,1-2H3,(H,21,23). The van der Waals surface area contributed by atoms with E-state index in [1.54, 1.807) is 50.2 Å². The van der Waals surface area contributed by atoms with Gasteiger partial charge in [-0.1, -0.05) is 31.5 Å². The summed E-state index contributed by atoms with van der Waals surface area (Å²) in [5.41, 5.74) is 0.287. The Balaban J connectivity index is 1.95. The summed E-state index contributed by atoms with van der Waals surface area (Å²) in [5.74, 6) is 0.298. The van der Waals surface area contributed by atoms with E-state index in [1.165, 1.54) is 16.4 Å². The second-order valence-electron chi connectivity index (χ2n) is 5.68. The number of carbonyl (C=O) groups is 1. The predicted molar refractivity (Wildman–Crippen MR) is 106 cm³/mol. The Bertz CT molecular complexity index is 866. The van der Waals surface area contributed by atoms with Gasteiger partial charge in [0.05, 0.1) is 11.4 Å². The molecule has 0 aromatic heterocycles. The summed E-state index contributed by atoms with van der Waals surface area (Å²) < 4.78 is 32.0. The smallest absolute Gasteiger partial charge is 0.251 e. The first kappa shape index (κ1) is 21.2. The molecule has 1 amide bonds. The van der Waals surface area contributed by atoms with Crippen LogP contribution in [0.1, 0.15) is 24.2 Å². The number of hydrogen-bond acceptors (Lipinski definition) is 4. The van der Waals surface area contributed by atoms with Gasteiger partial charge < -0.3 is 10.1 Å². The molecule has 2 rings (SSSR count). The summed E-state index contributed by atoms with van der Waals surface area (Å²) in [5, 5.41) is 3.34. The number of ether oxygens (including phenoxy) is 1. The molecule has 0 unspecified atom stereocenters. The largest absolute Gasteiger partial charge is 0.492 e. The van der Waals surface area contributed by atoms with E-state index < -0.39 is 10.0 Å². The molecule has 0 aliphatic carbocycles. The van der Waals surface area contributed by atoms with Gasteiger partial charge in [-0.3, -0.25) is 4.79 Å². The van der Waals surface area contributed by atoms with Crippen LogP contribution in [0.3, 0.4) is 0 Å². The monoisotopic (exact) mass is 410 g/mol. The number of carbonyl (C=O) groups excluding carboxylic acids is 1. The number of sulfonamides is 1. The fourth-order valence-corrected chi connectivity index (χ4v) is 4.11. The lowest BCUT2D eigenvalue weighted by Crippen LogP contribution is -2.31. The summed E-state index contributed by atoms with van der Waals surface area (Å²) in [6, 6.07) is 13.0. The highest BCUT2D eigenvalue weighted by molar-refractivity contribution is 7.89. The Hall–Kier alpha value is -2.09. The lowest BCUT2D eigenvalue weighted by atomic mass is 10.2. The number of nitrogens with zero attached hydrogens (tertiary/aromatic N) is 1. The minimum atomic E-state index is -3.60. The van der Waals surface area contributed by atoms with E-state index in [0.29, 0.717) is 23.9 Å². The third kappa shape index (κ3) is 5.69. The average Bonchev–Trinajstić information content (AvgIpc) is 2.67. The number of nitrogens with one attached hydrogen (secondary N) is 1. The van der Waals surface area contributed by atoms with Crippen LogP contribution >= 0.6 is 11.6 Å². The molecule has 0 atom stereocenters. The van der Waals surface area contributed by atoms with Gasteiger partial charge in [-0.2, -0.15) is 4.31 Å². The van der Waals surface area contributed by atoms with Crippen molar-refractivity contribution >= 4 is 27.5 Å². The Kier molecular flexibility index (Phi) is 7.65. The Morgan fingerprint density at radius 2 is 1.78 bits per heavy atom. The summed E-state index contributed by atoms with van der Waals surface area (Å²) >= 11 is 5.81. The highest BCUT2D eigenvalue weighted by atomic mass is 35.5. The van der Waals surface area contributed by atoms with E-state index in [2.05, 4.69) is 5.32 Å². The summed E-state index contributed by atoms with van der Waals surface area (Å²) in [7, 11) is -3.60. The lowest BCUT2D eigenvalue weighted by molar-refractivity contribution is 0.0947. The predicted octanol–water partition coefficient (Wildman–Crippen LogP) is 3.18. The van der Waals surface area contributed by atoms with Crippen molar-refractivity contribution in [1.29, 1.82) is 0 Å². The molecule has 0 fully saturated rings. The average molecular weight is 411 g/mol. The Morgan fingerprint density at radius 1 is 1.11 bits per heavy atom. The number of rotatable bonds is 9. The minimum Gasteiger partial charge on any atom is -0.492 e. The van der Waals surface area contributed by atoms with Crippen LogP contribution in [0, 0.1) is 0 Å². The molecule has 0 heterocycles. The van der Waals surface area contributed by atoms with E-state index in [4.69, 9.17) is 16.3 Å². The first-order valence-corrected chi connectivity index (χ1v) is 10.5. The molecule has 0 bridgehead atoms. The van der Waals surface area contributed by atoms with Crippen LogP contribution in [0.2, 0.25) is 5.02 Å². The summed E-state index contributed by atoms with van der Waals surface area (Å²) in [6.07, 6.45) is 0. The zero-order chi connectivity index (χ0) is 19.9. The van der Waals surface area contributed by atoms with E-state index in [-0.39, 0.29) is 29.5 Å². The number of amides is 1. The molecule has 0 saturated carbocycles. The number of benzene rings is 2. The van der Waals surface area contributed by atoms with Crippen LogP contribution in [0.25, 0.3) is 0 Å². The first-order chi connectivity index (χ1) is 12.9. The van der Waals surface area contributed by atoms with Crippen molar-refractivity contribution in [2.75, 3.05) is 26.2 Å². The molecule has 0 saturated heterocycles. The quantitative estimate of drug-likeness (QED) is 0.644. The maximum atomic E-state index is 12.6. The van der Waals surface area contributed by atoms with Crippen molar-refractivity contribution in [3.8, 4) is 5.75 Å². The van der Waals surface area contributed by atoms with Gasteiger partial charge in [0.1, 0.15) is 12.4 Å². The van der Waals surface area contributed by atoms with E-state index >= 15 is 0 Å². The Labute approximate surface area is 165 Å². The molecule has 0 aliphatic heterocycles. The maximum absolute atomic E-state index is 12.6. The van der Waals surface area contributed by atoms with E-state index in [9.17, 15) is 13.2 Å². The maximum Gasteiger partial charge on any atom is 0.251 e. The molecule has 2 aromatic rings. The molecule has 0 spiro atoms. The van der Waals surface area contributed by atoms with Gasteiger partial charge in [-0.15, -0.1) is 0 Å². The third-order valence-electron chi connectivity index (χ3n) is 3.91. The Morgan fingerprint density at radius 3 is 2.41 bits per heavy atom. The summed E-state index contributed by atoms with van der Waals surface area (Å²) in [4.78, 5) is 12.4. The van der Waals surface area contributed by atoms with Crippen LogP contribution in [0.4, 0.5) is 0 Å². The van der Waals surface area contributed by atoms with Crippen LogP contribution in [0.5, 0.6) is 5.75 Å². The van der Waals surface area contributed by atoms with E-state index in [0.717, 1.165) is 0 Å². The van der Waals surface area contributed by atoms with Crippen molar-refractivity contribution in [3.05, 3.63) is 59.1 Å². The molecule has 2 aromatic carbocycles. The molecule has 8 heteroatoms. The third-order valence-corrected chi connectivity index (χ3v) is 6.21. The topological polar surface area (TPSA) is 75.7 Å². The molecule has 6 nitrogen and oxygen atoms in total. The van der Waals surface area contributed by atoms with Gasteiger partial charge in [-0.25, -0.2) is 8.42 Å². The van der Waals surface area contributed by atoms with Gasteiger partial charge in [0, 0.05) is 23.7 Å².